The Labute approximate surface area is 90.7 Å². The zero-order valence-corrected chi connectivity index (χ0v) is 9.73. The number of hydrogen-bond donors (Lipinski definition) is 1. The topological polar surface area (TPSA) is 20.2 Å². The molecule has 0 aliphatic carbocycles. The summed E-state index contributed by atoms with van der Waals surface area (Å²) in [6.07, 6.45) is 0.757. The Morgan fingerprint density at radius 1 is 1.62 bits per heavy atom. The van der Waals surface area contributed by atoms with Crippen LogP contribution in [0.15, 0.2) is 27.6 Å². The van der Waals surface area contributed by atoms with Gasteiger partial charge in [0.25, 0.3) is 0 Å². The molecule has 1 aromatic rings. The Morgan fingerprint density at radius 2 is 2.38 bits per heavy atom. The molecule has 0 fully saturated rings. The van der Waals surface area contributed by atoms with Crippen LogP contribution >= 0.6 is 27.7 Å². The van der Waals surface area contributed by atoms with E-state index in [0.717, 1.165) is 10.9 Å². The van der Waals surface area contributed by atoms with Crippen molar-refractivity contribution in [1.82, 2.24) is 0 Å². The molecule has 0 saturated carbocycles. The fourth-order valence-corrected chi connectivity index (χ4v) is 3.15. The molecule has 1 aliphatic rings. The maximum Gasteiger partial charge on any atom is 0.0637 e. The van der Waals surface area contributed by atoms with Gasteiger partial charge in [-0.25, -0.2) is 0 Å². The van der Waals surface area contributed by atoms with Crippen LogP contribution in [0.2, 0.25) is 0 Å². The van der Waals surface area contributed by atoms with Gasteiger partial charge in [0.2, 0.25) is 0 Å². The summed E-state index contributed by atoms with van der Waals surface area (Å²) < 4.78 is 1.12. The molecule has 0 amide bonds. The Bertz CT molecular complexity index is 325. The van der Waals surface area contributed by atoms with Crippen molar-refractivity contribution in [2.45, 2.75) is 29.6 Å². The first kappa shape index (κ1) is 9.56. The minimum atomic E-state index is -0.226. The monoisotopic (exact) mass is 258 g/mol. The van der Waals surface area contributed by atoms with Crippen molar-refractivity contribution in [2.75, 3.05) is 0 Å². The molecule has 2 rings (SSSR count). The van der Waals surface area contributed by atoms with Gasteiger partial charge in [0.1, 0.15) is 0 Å². The first-order valence-corrected chi connectivity index (χ1v) is 5.97. The fourth-order valence-electron chi connectivity index (χ4n) is 1.51. The van der Waals surface area contributed by atoms with Crippen LogP contribution in [0.3, 0.4) is 0 Å². The molecule has 1 aromatic carbocycles. The number of fused-ring (bicyclic) bond motifs is 1. The standard InChI is InChI=1S/C10H11BrOS/c1-6(12)10-5-7-4-8(11)2-3-9(7)13-10/h2-4,6,10,12H,5H2,1H3. The van der Waals surface area contributed by atoms with Crippen LogP contribution in [-0.4, -0.2) is 16.5 Å². The number of thioether (sulfide) groups is 1. The summed E-state index contributed by atoms with van der Waals surface area (Å²) in [5, 5.41) is 9.80. The zero-order chi connectivity index (χ0) is 9.42. The molecular weight excluding hydrogens is 248 g/mol. The van der Waals surface area contributed by atoms with E-state index in [9.17, 15) is 5.11 Å². The molecule has 3 heteroatoms. The van der Waals surface area contributed by atoms with Gasteiger partial charge in [-0.15, -0.1) is 11.8 Å². The predicted octanol–water partition coefficient (Wildman–Crippen LogP) is 2.85. The van der Waals surface area contributed by atoms with Gasteiger partial charge in [0.15, 0.2) is 0 Å². The van der Waals surface area contributed by atoms with Gasteiger partial charge >= 0.3 is 0 Å². The van der Waals surface area contributed by atoms with Crippen molar-refractivity contribution in [3.05, 3.63) is 28.2 Å². The normalized spacial score (nSPS) is 22.8. The Kier molecular flexibility index (Phi) is 2.67. The molecule has 0 bridgehead atoms. The summed E-state index contributed by atoms with van der Waals surface area (Å²) in [4.78, 5) is 1.31. The molecule has 1 aliphatic heterocycles. The first-order valence-electron chi connectivity index (χ1n) is 4.30. The molecule has 70 valence electrons. The van der Waals surface area contributed by atoms with Gasteiger partial charge in [-0.3, -0.25) is 0 Å². The summed E-state index contributed by atoms with van der Waals surface area (Å²) in [7, 11) is 0. The third-order valence-corrected chi connectivity index (χ3v) is 4.27. The van der Waals surface area contributed by atoms with E-state index in [1.165, 1.54) is 10.5 Å². The third-order valence-electron chi connectivity index (χ3n) is 2.26. The second-order valence-corrected chi connectivity index (χ2v) is 5.55. The molecule has 0 saturated heterocycles. The van der Waals surface area contributed by atoms with Crippen LogP contribution in [0.5, 0.6) is 0 Å². The Morgan fingerprint density at radius 3 is 3.08 bits per heavy atom. The van der Waals surface area contributed by atoms with E-state index in [4.69, 9.17) is 0 Å². The molecule has 1 N–H and O–H groups in total. The van der Waals surface area contributed by atoms with Crippen LogP contribution in [0.1, 0.15) is 12.5 Å². The van der Waals surface area contributed by atoms with Gasteiger partial charge in [0, 0.05) is 14.6 Å². The Hall–Kier alpha value is 0.01000. The van der Waals surface area contributed by atoms with E-state index in [0.29, 0.717) is 5.25 Å². The third kappa shape index (κ3) is 1.92. The second kappa shape index (κ2) is 3.64. The molecule has 13 heavy (non-hydrogen) atoms. The Balaban J connectivity index is 2.25. The molecule has 0 radical (unpaired) electrons. The van der Waals surface area contributed by atoms with Crippen LogP contribution in [-0.2, 0) is 6.42 Å². The number of aliphatic hydroxyl groups excluding tert-OH is 1. The maximum atomic E-state index is 9.46. The molecular formula is C10H11BrOS. The first-order chi connectivity index (χ1) is 6.16. The predicted molar refractivity (Wildman–Crippen MR) is 59.2 cm³/mol. The number of halogens is 1. The van der Waals surface area contributed by atoms with Crippen molar-refractivity contribution in [1.29, 1.82) is 0 Å². The highest BCUT2D eigenvalue weighted by atomic mass is 79.9. The maximum absolute atomic E-state index is 9.46. The summed E-state index contributed by atoms with van der Waals surface area (Å²) in [5.41, 5.74) is 1.35. The zero-order valence-electron chi connectivity index (χ0n) is 7.33. The van der Waals surface area contributed by atoms with Crippen LogP contribution in [0.4, 0.5) is 0 Å². The molecule has 1 heterocycles. The van der Waals surface area contributed by atoms with E-state index in [2.05, 4.69) is 34.1 Å². The van der Waals surface area contributed by atoms with Crippen molar-refractivity contribution in [3.63, 3.8) is 0 Å². The van der Waals surface area contributed by atoms with Crippen molar-refractivity contribution >= 4 is 27.7 Å². The van der Waals surface area contributed by atoms with Crippen LogP contribution in [0, 0.1) is 0 Å². The highest BCUT2D eigenvalue weighted by Gasteiger charge is 2.25. The minimum absolute atomic E-state index is 0.226. The number of benzene rings is 1. The number of aliphatic hydroxyl groups is 1. The average Bonchev–Trinajstić information content (AvgIpc) is 2.46. The van der Waals surface area contributed by atoms with Gasteiger partial charge < -0.3 is 5.11 Å². The lowest BCUT2D eigenvalue weighted by Gasteiger charge is -2.10. The number of rotatable bonds is 1. The molecule has 2 unspecified atom stereocenters. The lowest BCUT2D eigenvalue weighted by Crippen LogP contribution is -2.17. The lowest BCUT2D eigenvalue weighted by atomic mass is 10.1. The minimum Gasteiger partial charge on any atom is -0.392 e. The van der Waals surface area contributed by atoms with Crippen molar-refractivity contribution < 1.29 is 5.11 Å². The van der Waals surface area contributed by atoms with E-state index < -0.39 is 0 Å². The van der Waals surface area contributed by atoms with Gasteiger partial charge in [0.05, 0.1) is 6.10 Å². The largest absolute Gasteiger partial charge is 0.392 e. The highest BCUT2D eigenvalue weighted by Crippen LogP contribution is 2.39. The van der Waals surface area contributed by atoms with E-state index in [1.807, 2.05) is 6.92 Å². The van der Waals surface area contributed by atoms with E-state index in [1.54, 1.807) is 11.8 Å². The summed E-state index contributed by atoms with van der Waals surface area (Å²) in [6.45, 7) is 1.86. The summed E-state index contributed by atoms with van der Waals surface area (Å²) >= 11 is 5.23. The average molecular weight is 259 g/mol. The molecule has 0 aromatic heterocycles. The second-order valence-electron chi connectivity index (χ2n) is 3.35. The fraction of sp³-hybridized carbons (Fsp3) is 0.400. The van der Waals surface area contributed by atoms with Gasteiger partial charge in [-0.2, -0.15) is 0 Å². The highest BCUT2D eigenvalue weighted by molar-refractivity contribution is 9.10. The van der Waals surface area contributed by atoms with Crippen LogP contribution in [0.25, 0.3) is 0 Å². The molecule has 0 spiro atoms. The molecule has 2 atom stereocenters. The quantitative estimate of drug-likeness (QED) is 0.836. The van der Waals surface area contributed by atoms with Crippen molar-refractivity contribution in [2.24, 2.45) is 0 Å². The lowest BCUT2D eigenvalue weighted by molar-refractivity contribution is 0.192. The van der Waals surface area contributed by atoms with E-state index in [-0.39, 0.29) is 6.10 Å². The van der Waals surface area contributed by atoms with E-state index >= 15 is 0 Å². The van der Waals surface area contributed by atoms with Crippen LogP contribution < -0.4 is 0 Å². The smallest absolute Gasteiger partial charge is 0.0637 e. The SMILES string of the molecule is CC(O)C1Cc2cc(Br)ccc2S1. The van der Waals surface area contributed by atoms with Gasteiger partial charge in [-0.05, 0) is 37.1 Å². The van der Waals surface area contributed by atoms with Crippen molar-refractivity contribution in [3.8, 4) is 0 Å². The summed E-state index contributed by atoms with van der Waals surface area (Å²) in [6, 6.07) is 6.31. The summed E-state index contributed by atoms with van der Waals surface area (Å²) in [5.74, 6) is 0. The van der Waals surface area contributed by atoms with Gasteiger partial charge in [-0.1, -0.05) is 15.9 Å². The number of hydrogen-bond acceptors (Lipinski definition) is 2. The molecule has 1 nitrogen and oxygen atoms in total.